The number of carbonyl (C=O) groups is 1. The van der Waals surface area contributed by atoms with Gasteiger partial charge in [0.05, 0.1) is 5.75 Å². The summed E-state index contributed by atoms with van der Waals surface area (Å²) in [6.45, 7) is 2.05. The van der Waals surface area contributed by atoms with Crippen molar-refractivity contribution in [3.8, 4) is 17.1 Å². The van der Waals surface area contributed by atoms with Crippen LogP contribution in [0.2, 0.25) is 0 Å². The molecule has 7 heteroatoms. The second kappa shape index (κ2) is 11.1. The Labute approximate surface area is 197 Å². The third-order valence-corrected chi connectivity index (χ3v) is 5.66. The highest BCUT2D eigenvalue weighted by Gasteiger charge is 2.17. The molecule has 0 fully saturated rings. The first-order valence-corrected chi connectivity index (χ1v) is 11.4. The van der Waals surface area contributed by atoms with Gasteiger partial charge in [0.1, 0.15) is 0 Å². The van der Waals surface area contributed by atoms with Gasteiger partial charge in [-0.15, -0.1) is 10.2 Å². The number of hydrogen-bond acceptors (Lipinski definition) is 5. The predicted octanol–water partition coefficient (Wildman–Crippen LogP) is 5.15. The van der Waals surface area contributed by atoms with Crippen molar-refractivity contribution in [2.24, 2.45) is 5.10 Å². The van der Waals surface area contributed by atoms with Crippen LogP contribution in [0.4, 0.5) is 0 Å². The number of amides is 1. The van der Waals surface area contributed by atoms with Crippen molar-refractivity contribution in [2.75, 3.05) is 5.75 Å². The minimum absolute atomic E-state index is 0.165. The molecule has 0 saturated heterocycles. The molecule has 33 heavy (non-hydrogen) atoms. The zero-order valence-electron chi connectivity index (χ0n) is 18.1. The molecule has 0 aliphatic carbocycles. The van der Waals surface area contributed by atoms with Crippen LogP contribution in [0.1, 0.15) is 11.1 Å². The van der Waals surface area contributed by atoms with Crippen LogP contribution in [0.25, 0.3) is 23.2 Å². The zero-order valence-corrected chi connectivity index (χ0v) is 18.9. The third-order valence-electron chi connectivity index (χ3n) is 4.73. The summed E-state index contributed by atoms with van der Waals surface area (Å²) in [7, 11) is 0. The lowest BCUT2D eigenvalue weighted by Gasteiger charge is -2.10. The summed E-state index contributed by atoms with van der Waals surface area (Å²) in [6.07, 6.45) is 5.25. The average molecular weight is 454 g/mol. The van der Waals surface area contributed by atoms with Crippen molar-refractivity contribution in [3.05, 3.63) is 102 Å². The molecule has 1 heterocycles. The van der Waals surface area contributed by atoms with Gasteiger partial charge in [-0.05, 0) is 30.7 Å². The number of aryl methyl sites for hydroxylation is 1. The average Bonchev–Trinajstić information content (AvgIpc) is 3.28. The number of rotatable bonds is 8. The van der Waals surface area contributed by atoms with Crippen molar-refractivity contribution < 1.29 is 4.79 Å². The highest BCUT2D eigenvalue weighted by Crippen LogP contribution is 2.28. The molecule has 0 saturated carbocycles. The van der Waals surface area contributed by atoms with Crippen molar-refractivity contribution in [3.63, 3.8) is 0 Å². The number of carbonyl (C=O) groups excluding carboxylic acids is 1. The summed E-state index contributed by atoms with van der Waals surface area (Å²) in [5.74, 6) is 0.675. The molecule has 0 radical (unpaired) electrons. The normalized spacial score (nSPS) is 11.3. The van der Waals surface area contributed by atoms with E-state index in [1.165, 1.54) is 17.3 Å². The second-order valence-electron chi connectivity index (χ2n) is 7.21. The van der Waals surface area contributed by atoms with E-state index in [2.05, 4.69) is 20.7 Å². The monoisotopic (exact) mass is 453 g/mol. The van der Waals surface area contributed by atoms with Gasteiger partial charge in [0.25, 0.3) is 5.91 Å². The fraction of sp³-hybridized carbons (Fsp3) is 0.0769. The summed E-state index contributed by atoms with van der Waals surface area (Å²) in [5.41, 5.74) is 6.67. The van der Waals surface area contributed by atoms with Gasteiger partial charge in [-0.25, -0.2) is 5.43 Å². The van der Waals surface area contributed by atoms with Crippen molar-refractivity contribution in [2.45, 2.75) is 12.1 Å². The molecule has 0 aliphatic rings. The van der Waals surface area contributed by atoms with Crippen LogP contribution in [0.5, 0.6) is 0 Å². The fourth-order valence-corrected chi connectivity index (χ4v) is 3.84. The Balaban J connectivity index is 1.44. The molecule has 4 rings (SSSR count). The number of nitrogens with zero attached hydrogens (tertiary/aromatic N) is 4. The van der Waals surface area contributed by atoms with Gasteiger partial charge >= 0.3 is 0 Å². The topological polar surface area (TPSA) is 72.2 Å². The molecule has 4 aromatic rings. The molecule has 0 spiro atoms. The van der Waals surface area contributed by atoms with Crippen LogP contribution in [0, 0.1) is 6.92 Å². The summed E-state index contributed by atoms with van der Waals surface area (Å²) in [6, 6.07) is 27.9. The van der Waals surface area contributed by atoms with Gasteiger partial charge < -0.3 is 0 Å². The zero-order chi connectivity index (χ0) is 22.9. The molecule has 0 bridgehead atoms. The molecule has 164 valence electrons. The van der Waals surface area contributed by atoms with E-state index in [9.17, 15) is 4.79 Å². The SMILES string of the molecule is Cc1ccc(-n2c(SCC(=O)NN=CC=Cc3ccccc3)nnc2-c2ccccc2)cc1. The minimum atomic E-state index is -0.218. The fourth-order valence-electron chi connectivity index (χ4n) is 3.10. The molecule has 1 aromatic heterocycles. The first kappa shape index (κ1) is 22.2. The highest BCUT2D eigenvalue weighted by atomic mass is 32.2. The Bertz CT molecular complexity index is 1250. The van der Waals surface area contributed by atoms with Crippen molar-refractivity contribution in [1.82, 2.24) is 20.2 Å². The highest BCUT2D eigenvalue weighted by molar-refractivity contribution is 7.99. The van der Waals surface area contributed by atoms with Gasteiger partial charge in [0, 0.05) is 17.5 Å². The van der Waals surface area contributed by atoms with Crippen molar-refractivity contribution >= 4 is 30.0 Å². The van der Waals surface area contributed by atoms with Crippen LogP contribution in [-0.2, 0) is 4.79 Å². The molecule has 0 atom stereocenters. The van der Waals surface area contributed by atoms with Crippen LogP contribution in [0.3, 0.4) is 0 Å². The number of aromatic nitrogens is 3. The molecule has 1 amide bonds. The van der Waals surface area contributed by atoms with Gasteiger partial charge in [-0.3, -0.25) is 9.36 Å². The van der Waals surface area contributed by atoms with E-state index in [-0.39, 0.29) is 11.7 Å². The number of nitrogens with one attached hydrogen (secondary N) is 1. The summed E-state index contributed by atoms with van der Waals surface area (Å²) >= 11 is 1.32. The van der Waals surface area contributed by atoms with Crippen LogP contribution >= 0.6 is 11.8 Å². The number of hydrazone groups is 1. The minimum Gasteiger partial charge on any atom is -0.272 e. The Morgan fingerprint density at radius 2 is 1.67 bits per heavy atom. The van der Waals surface area contributed by atoms with Gasteiger partial charge in [-0.1, -0.05) is 96.2 Å². The molecular formula is C26H23N5OS. The first-order chi connectivity index (χ1) is 16.2. The van der Waals surface area contributed by atoms with E-state index in [1.807, 2.05) is 102 Å². The molecule has 0 unspecified atom stereocenters. The number of hydrogen-bond donors (Lipinski definition) is 1. The molecule has 1 N–H and O–H groups in total. The Morgan fingerprint density at radius 3 is 2.39 bits per heavy atom. The van der Waals surface area contributed by atoms with Crippen LogP contribution in [-0.4, -0.2) is 32.6 Å². The molecule has 6 nitrogen and oxygen atoms in total. The summed E-state index contributed by atoms with van der Waals surface area (Å²) in [5, 5.41) is 13.4. The lowest BCUT2D eigenvalue weighted by molar-refractivity contribution is -0.118. The van der Waals surface area contributed by atoms with E-state index in [4.69, 9.17) is 0 Å². The van der Waals surface area contributed by atoms with Gasteiger partial charge in [-0.2, -0.15) is 5.10 Å². The Kier molecular flexibility index (Phi) is 7.45. The van der Waals surface area contributed by atoms with Crippen LogP contribution in [0.15, 0.2) is 101 Å². The molecule has 3 aromatic carbocycles. The van der Waals surface area contributed by atoms with Gasteiger partial charge in [0.2, 0.25) is 0 Å². The number of benzene rings is 3. The maximum absolute atomic E-state index is 12.3. The Hall–Kier alpha value is -3.97. The number of thioether (sulfide) groups is 1. The maximum atomic E-state index is 12.3. The lowest BCUT2D eigenvalue weighted by Crippen LogP contribution is -2.19. The van der Waals surface area contributed by atoms with Gasteiger partial charge in [0.15, 0.2) is 11.0 Å². The van der Waals surface area contributed by atoms with E-state index in [1.54, 1.807) is 12.3 Å². The van der Waals surface area contributed by atoms with E-state index in [0.29, 0.717) is 5.16 Å². The summed E-state index contributed by atoms with van der Waals surface area (Å²) < 4.78 is 1.97. The van der Waals surface area contributed by atoms with Crippen LogP contribution < -0.4 is 5.43 Å². The molecular weight excluding hydrogens is 430 g/mol. The lowest BCUT2D eigenvalue weighted by atomic mass is 10.2. The summed E-state index contributed by atoms with van der Waals surface area (Å²) in [4.78, 5) is 12.3. The van der Waals surface area contributed by atoms with E-state index >= 15 is 0 Å². The Morgan fingerprint density at radius 1 is 0.970 bits per heavy atom. The van der Waals surface area contributed by atoms with Crippen molar-refractivity contribution in [1.29, 1.82) is 0 Å². The third kappa shape index (κ3) is 6.05. The van der Waals surface area contributed by atoms with E-state index in [0.717, 1.165) is 22.6 Å². The predicted molar refractivity (Wildman–Crippen MR) is 134 cm³/mol. The number of allylic oxidation sites excluding steroid dienone is 1. The first-order valence-electron chi connectivity index (χ1n) is 10.4. The van der Waals surface area contributed by atoms with E-state index < -0.39 is 0 Å². The quantitative estimate of drug-likeness (QED) is 0.227. The second-order valence-corrected chi connectivity index (χ2v) is 8.16. The maximum Gasteiger partial charge on any atom is 0.250 e. The smallest absolute Gasteiger partial charge is 0.250 e. The largest absolute Gasteiger partial charge is 0.272 e. The molecule has 0 aliphatic heterocycles. The standard InChI is InChI=1S/C26H23N5OS/c1-20-14-16-23(17-15-20)31-25(22-12-6-3-7-13-22)29-30-26(31)33-19-24(32)28-27-18-8-11-21-9-4-2-5-10-21/h2-18H,19H2,1H3,(H,28,32).